The molecule has 1 aromatic rings. The van der Waals surface area contributed by atoms with Crippen molar-refractivity contribution in [1.29, 1.82) is 0 Å². The molecule has 1 aliphatic heterocycles. The van der Waals surface area contributed by atoms with Crippen molar-refractivity contribution in [2.45, 2.75) is 18.6 Å². The number of methoxy groups -OCH3 is 1. The van der Waals surface area contributed by atoms with Crippen LogP contribution in [0.2, 0.25) is 0 Å². The fourth-order valence-electron chi connectivity index (χ4n) is 2.63. The van der Waals surface area contributed by atoms with Gasteiger partial charge >= 0.3 is 17.8 Å². The number of pyridine rings is 1. The third-order valence-corrected chi connectivity index (χ3v) is 3.80. The average Bonchev–Trinajstić information content (AvgIpc) is 2.59. The number of rotatable bonds is 5. The Labute approximate surface area is 146 Å². The van der Waals surface area contributed by atoms with Crippen molar-refractivity contribution < 1.29 is 32.4 Å². The second-order valence-corrected chi connectivity index (χ2v) is 5.42. The largest absolute Gasteiger partial charge is 0.464 e. The number of carbonyl (C=O) groups is 1. The highest BCUT2D eigenvalue weighted by Gasteiger charge is 2.41. The monoisotopic (exact) mass is 375 g/mol. The second kappa shape index (κ2) is 7.68. The Bertz CT molecular complexity index is 723. The molecule has 0 aromatic carbocycles. The standard InChI is InChI=1S/C15H16F3N3O5/c1-3-4-9-8-26-6-5-20(9)13-10(15(16,17)18)7-11(21(23)24)12(19-13)14(22)25-2/h3,7,9H,1,4-6,8H2,2H3/t9-/m1/s1. The van der Waals surface area contributed by atoms with Crippen LogP contribution in [0.25, 0.3) is 0 Å². The van der Waals surface area contributed by atoms with Gasteiger partial charge in [0.25, 0.3) is 0 Å². The van der Waals surface area contributed by atoms with Gasteiger partial charge in [0, 0.05) is 12.6 Å². The van der Waals surface area contributed by atoms with Gasteiger partial charge in [-0.2, -0.15) is 13.2 Å². The van der Waals surface area contributed by atoms with Gasteiger partial charge in [-0.3, -0.25) is 10.1 Å². The number of nitro groups is 1. The molecule has 1 saturated heterocycles. The zero-order valence-corrected chi connectivity index (χ0v) is 13.8. The number of alkyl halides is 3. The van der Waals surface area contributed by atoms with Gasteiger partial charge in [0.1, 0.15) is 11.4 Å². The lowest BCUT2D eigenvalue weighted by Crippen LogP contribution is -2.46. The van der Waals surface area contributed by atoms with Crippen LogP contribution in [0.4, 0.5) is 24.7 Å². The Morgan fingerprint density at radius 2 is 2.31 bits per heavy atom. The van der Waals surface area contributed by atoms with Crippen molar-refractivity contribution >= 4 is 17.5 Å². The fraction of sp³-hybridized carbons (Fsp3) is 0.467. The number of aromatic nitrogens is 1. The predicted octanol–water partition coefficient (Wildman–Crippen LogP) is 2.58. The number of hydrogen-bond donors (Lipinski definition) is 0. The number of morpholine rings is 1. The molecule has 2 rings (SSSR count). The van der Waals surface area contributed by atoms with Gasteiger partial charge in [0.2, 0.25) is 5.69 Å². The van der Waals surface area contributed by atoms with Crippen LogP contribution in [0.1, 0.15) is 22.5 Å². The summed E-state index contributed by atoms with van der Waals surface area (Å²) in [5.74, 6) is -1.76. The van der Waals surface area contributed by atoms with Gasteiger partial charge in [-0.25, -0.2) is 9.78 Å². The summed E-state index contributed by atoms with van der Waals surface area (Å²) in [6.07, 6.45) is -3.07. The maximum Gasteiger partial charge on any atom is 0.420 e. The summed E-state index contributed by atoms with van der Waals surface area (Å²) in [5.41, 5.74) is -3.15. The van der Waals surface area contributed by atoms with E-state index in [0.29, 0.717) is 12.5 Å². The first-order chi connectivity index (χ1) is 12.2. The predicted molar refractivity (Wildman–Crippen MR) is 84.0 cm³/mol. The summed E-state index contributed by atoms with van der Waals surface area (Å²) in [7, 11) is 0.959. The molecule has 8 nitrogen and oxygen atoms in total. The highest BCUT2D eigenvalue weighted by Crippen LogP contribution is 2.40. The quantitative estimate of drug-likeness (QED) is 0.338. The Hall–Kier alpha value is -2.69. The molecular weight excluding hydrogens is 359 g/mol. The lowest BCUT2D eigenvalue weighted by molar-refractivity contribution is -0.385. The van der Waals surface area contributed by atoms with E-state index in [1.807, 2.05) is 0 Å². The van der Waals surface area contributed by atoms with E-state index in [4.69, 9.17) is 4.74 Å². The molecule has 0 radical (unpaired) electrons. The minimum absolute atomic E-state index is 0.0764. The SMILES string of the molecule is C=CC[C@@H]1COCCN1c1nc(C(=O)OC)c([N+](=O)[O-])cc1C(F)(F)F. The van der Waals surface area contributed by atoms with Crippen molar-refractivity contribution in [2.75, 3.05) is 31.8 Å². The zero-order chi connectivity index (χ0) is 19.5. The molecule has 1 fully saturated rings. The highest BCUT2D eigenvalue weighted by atomic mass is 19.4. The minimum atomic E-state index is -4.90. The van der Waals surface area contributed by atoms with Crippen molar-refractivity contribution in [3.63, 3.8) is 0 Å². The van der Waals surface area contributed by atoms with E-state index in [2.05, 4.69) is 16.3 Å². The van der Waals surface area contributed by atoms with E-state index in [1.165, 1.54) is 11.0 Å². The van der Waals surface area contributed by atoms with Gasteiger partial charge in [-0.1, -0.05) is 6.08 Å². The summed E-state index contributed by atoms with van der Waals surface area (Å²) in [4.78, 5) is 26.8. The van der Waals surface area contributed by atoms with Crippen LogP contribution >= 0.6 is 0 Å². The van der Waals surface area contributed by atoms with Crippen molar-refractivity contribution in [3.8, 4) is 0 Å². The molecule has 2 heterocycles. The number of carbonyl (C=O) groups excluding carboxylic acids is 1. The van der Waals surface area contributed by atoms with E-state index in [9.17, 15) is 28.1 Å². The van der Waals surface area contributed by atoms with Crippen LogP contribution in [-0.4, -0.2) is 48.8 Å². The molecule has 0 amide bonds. The van der Waals surface area contributed by atoms with Gasteiger partial charge in [0.05, 0.1) is 31.3 Å². The van der Waals surface area contributed by atoms with Gasteiger partial charge in [0.15, 0.2) is 0 Å². The summed E-state index contributed by atoms with van der Waals surface area (Å²) in [5, 5.41) is 11.1. The maximum atomic E-state index is 13.5. The van der Waals surface area contributed by atoms with Crippen LogP contribution in [-0.2, 0) is 15.7 Å². The molecular formula is C15H16F3N3O5. The molecule has 142 valence electrons. The van der Waals surface area contributed by atoms with E-state index in [1.54, 1.807) is 0 Å². The number of anilines is 1. The third kappa shape index (κ3) is 3.93. The van der Waals surface area contributed by atoms with Crippen LogP contribution in [0.15, 0.2) is 18.7 Å². The normalized spacial score (nSPS) is 17.7. The molecule has 1 aromatic heterocycles. The van der Waals surface area contributed by atoms with Gasteiger partial charge < -0.3 is 14.4 Å². The Kier molecular flexibility index (Phi) is 5.80. The Balaban J connectivity index is 2.70. The lowest BCUT2D eigenvalue weighted by Gasteiger charge is -2.37. The summed E-state index contributed by atoms with van der Waals surface area (Å²) >= 11 is 0. The molecule has 26 heavy (non-hydrogen) atoms. The van der Waals surface area contributed by atoms with Crippen molar-refractivity contribution in [2.24, 2.45) is 0 Å². The van der Waals surface area contributed by atoms with Crippen LogP contribution in [0, 0.1) is 10.1 Å². The van der Waals surface area contributed by atoms with Crippen molar-refractivity contribution in [3.05, 3.63) is 40.1 Å². The number of halogens is 3. The average molecular weight is 375 g/mol. The molecule has 0 saturated carbocycles. The van der Waals surface area contributed by atoms with Crippen LogP contribution in [0.5, 0.6) is 0 Å². The molecule has 1 aliphatic rings. The number of esters is 1. The molecule has 0 N–H and O–H groups in total. The van der Waals surface area contributed by atoms with Gasteiger partial charge in [-0.15, -0.1) is 6.58 Å². The topological polar surface area (TPSA) is 94.8 Å². The summed E-state index contributed by atoms with van der Waals surface area (Å²) in [6.45, 7) is 3.92. The second-order valence-electron chi connectivity index (χ2n) is 5.42. The third-order valence-electron chi connectivity index (χ3n) is 3.80. The van der Waals surface area contributed by atoms with E-state index >= 15 is 0 Å². The van der Waals surface area contributed by atoms with E-state index in [-0.39, 0.29) is 19.8 Å². The summed E-state index contributed by atoms with van der Waals surface area (Å²) in [6, 6.07) is -0.184. The van der Waals surface area contributed by atoms with E-state index < -0.39 is 45.9 Å². The number of hydrogen-bond acceptors (Lipinski definition) is 7. The minimum Gasteiger partial charge on any atom is -0.464 e. The van der Waals surface area contributed by atoms with Crippen LogP contribution < -0.4 is 4.90 Å². The van der Waals surface area contributed by atoms with E-state index in [0.717, 1.165) is 7.11 Å². The molecule has 0 unspecified atom stereocenters. The Morgan fingerprint density at radius 3 is 2.85 bits per heavy atom. The summed E-state index contributed by atoms with van der Waals surface area (Å²) < 4.78 is 50.2. The number of ether oxygens (including phenoxy) is 2. The smallest absolute Gasteiger partial charge is 0.420 e. The maximum absolute atomic E-state index is 13.5. The lowest BCUT2D eigenvalue weighted by atomic mass is 10.1. The van der Waals surface area contributed by atoms with Crippen molar-refractivity contribution in [1.82, 2.24) is 4.98 Å². The molecule has 0 bridgehead atoms. The van der Waals surface area contributed by atoms with Gasteiger partial charge in [-0.05, 0) is 6.42 Å². The fourth-order valence-corrected chi connectivity index (χ4v) is 2.63. The number of nitrogens with zero attached hydrogens (tertiary/aromatic N) is 3. The van der Waals surface area contributed by atoms with Crippen LogP contribution in [0.3, 0.4) is 0 Å². The first kappa shape index (κ1) is 19.6. The molecule has 0 aliphatic carbocycles. The first-order valence-corrected chi connectivity index (χ1v) is 7.51. The molecule has 0 spiro atoms. The highest BCUT2D eigenvalue weighted by molar-refractivity contribution is 5.92. The molecule has 1 atom stereocenters. The first-order valence-electron chi connectivity index (χ1n) is 7.51. The zero-order valence-electron chi connectivity index (χ0n) is 13.8. The molecule has 11 heteroatoms. The Morgan fingerprint density at radius 1 is 1.62 bits per heavy atom.